The van der Waals surface area contributed by atoms with Gasteiger partial charge >= 0.3 is 0 Å². The van der Waals surface area contributed by atoms with Gasteiger partial charge < -0.3 is 15.0 Å². The van der Waals surface area contributed by atoms with Gasteiger partial charge in [-0.2, -0.15) is 0 Å². The lowest BCUT2D eigenvalue weighted by molar-refractivity contribution is 0.210. The van der Waals surface area contributed by atoms with Crippen molar-refractivity contribution in [2.75, 3.05) is 37.0 Å². The number of anilines is 2. The molecule has 2 rings (SSSR count). The molecule has 0 aliphatic carbocycles. The Balaban J connectivity index is 2.05. The molecule has 21 heavy (non-hydrogen) atoms. The van der Waals surface area contributed by atoms with Gasteiger partial charge in [-0.1, -0.05) is 30.3 Å². The fraction of sp³-hybridized carbons (Fsp3) is 0.375. The summed E-state index contributed by atoms with van der Waals surface area (Å²) in [7, 11) is 1.69. The highest BCUT2D eigenvalue weighted by Gasteiger charge is 2.08. The third-order valence-electron chi connectivity index (χ3n) is 3.19. The first-order valence-electron chi connectivity index (χ1n) is 7.17. The zero-order chi connectivity index (χ0) is 14.9. The number of hydrogen-bond donors (Lipinski definition) is 1. The van der Waals surface area contributed by atoms with Crippen LogP contribution in [0.15, 0.2) is 42.7 Å². The van der Waals surface area contributed by atoms with Gasteiger partial charge in [0.05, 0.1) is 6.61 Å². The van der Waals surface area contributed by atoms with E-state index in [1.165, 1.54) is 5.56 Å². The second-order valence-corrected chi connectivity index (χ2v) is 4.68. The molecule has 1 N–H and O–H groups in total. The van der Waals surface area contributed by atoms with Gasteiger partial charge in [0.25, 0.3) is 0 Å². The molecule has 5 heteroatoms. The Kier molecular flexibility index (Phi) is 5.97. The summed E-state index contributed by atoms with van der Waals surface area (Å²) >= 11 is 0. The molecule has 1 aromatic carbocycles. The quantitative estimate of drug-likeness (QED) is 0.756. The Bertz CT molecular complexity index is 533. The van der Waals surface area contributed by atoms with Gasteiger partial charge in [-0.3, -0.25) is 0 Å². The first kappa shape index (κ1) is 15.3. The molecule has 1 heterocycles. The van der Waals surface area contributed by atoms with Crippen LogP contribution < -0.4 is 10.2 Å². The van der Waals surface area contributed by atoms with Crippen molar-refractivity contribution in [2.45, 2.75) is 13.5 Å². The zero-order valence-electron chi connectivity index (χ0n) is 12.6. The van der Waals surface area contributed by atoms with E-state index in [0.29, 0.717) is 6.61 Å². The number of nitrogens with zero attached hydrogens (tertiary/aromatic N) is 3. The van der Waals surface area contributed by atoms with Crippen LogP contribution in [0.4, 0.5) is 11.6 Å². The van der Waals surface area contributed by atoms with E-state index >= 15 is 0 Å². The summed E-state index contributed by atoms with van der Waals surface area (Å²) in [4.78, 5) is 10.8. The standard InChI is InChI=1S/C16H22N4O/c1-3-20(12-14-7-5-4-6-8-14)16-11-15(18-13-19-16)17-9-10-21-2/h4-8,11,13H,3,9-10,12H2,1-2H3,(H,17,18,19). The Hall–Kier alpha value is -2.14. The van der Waals surface area contributed by atoms with Gasteiger partial charge in [-0.05, 0) is 12.5 Å². The van der Waals surface area contributed by atoms with Crippen molar-refractivity contribution in [2.24, 2.45) is 0 Å². The van der Waals surface area contributed by atoms with E-state index in [2.05, 4.69) is 51.4 Å². The predicted molar refractivity (Wildman–Crippen MR) is 85.6 cm³/mol. The van der Waals surface area contributed by atoms with Gasteiger partial charge in [-0.15, -0.1) is 0 Å². The molecule has 0 aliphatic heterocycles. The van der Waals surface area contributed by atoms with Crippen LogP contribution in [0.1, 0.15) is 12.5 Å². The third-order valence-corrected chi connectivity index (χ3v) is 3.19. The molecule has 0 spiro atoms. The number of aromatic nitrogens is 2. The smallest absolute Gasteiger partial charge is 0.134 e. The first-order valence-corrected chi connectivity index (χ1v) is 7.17. The van der Waals surface area contributed by atoms with Crippen LogP contribution in [-0.4, -0.2) is 36.8 Å². The van der Waals surface area contributed by atoms with Crippen molar-refractivity contribution in [1.82, 2.24) is 9.97 Å². The maximum atomic E-state index is 5.03. The van der Waals surface area contributed by atoms with Crippen molar-refractivity contribution in [1.29, 1.82) is 0 Å². The highest BCUT2D eigenvalue weighted by atomic mass is 16.5. The molecular formula is C16H22N4O. The van der Waals surface area contributed by atoms with Gasteiger partial charge in [0.15, 0.2) is 0 Å². The molecule has 112 valence electrons. The van der Waals surface area contributed by atoms with E-state index in [0.717, 1.165) is 31.3 Å². The molecule has 0 radical (unpaired) electrons. The average molecular weight is 286 g/mol. The molecule has 0 unspecified atom stereocenters. The number of rotatable bonds is 8. The van der Waals surface area contributed by atoms with Crippen LogP contribution in [0.25, 0.3) is 0 Å². The number of methoxy groups -OCH3 is 1. The summed E-state index contributed by atoms with van der Waals surface area (Å²) in [5.41, 5.74) is 1.27. The molecule has 1 aromatic heterocycles. The second-order valence-electron chi connectivity index (χ2n) is 4.68. The minimum atomic E-state index is 0.654. The zero-order valence-corrected chi connectivity index (χ0v) is 12.6. The summed E-state index contributed by atoms with van der Waals surface area (Å²) in [5.74, 6) is 1.75. The van der Waals surface area contributed by atoms with Crippen LogP contribution in [0, 0.1) is 0 Å². The molecule has 2 aromatic rings. The lowest BCUT2D eigenvalue weighted by Gasteiger charge is -2.22. The van der Waals surface area contributed by atoms with Crippen LogP contribution in [0.3, 0.4) is 0 Å². The summed E-state index contributed by atoms with van der Waals surface area (Å²) in [5, 5.41) is 3.23. The summed E-state index contributed by atoms with van der Waals surface area (Å²) in [6.07, 6.45) is 1.60. The minimum absolute atomic E-state index is 0.654. The summed E-state index contributed by atoms with van der Waals surface area (Å²) in [6, 6.07) is 12.4. The number of hydrogen-bond acceptors (Lipinski definition) is 5. The highest BCUT2D eigenvalue weighted by Crippen LogP contribution is 2.16. The predicted octanol–water partition coefficient (Wildman–Crippen LogP) is 2.56. The maximum Gasteiger partial charge on any atom is 0.134 e. The average Bonchev–Trinajstić information content (AvgIpc) is 2.54. The van der Waals surface area contributed by atoms with Crippen molar-refractivity contribution < 1.29 is 4.74 Å². The lowest BCUT2D eigenvalue weighted by Crippen LogP contribution is -2.23. The maximum absolute atomic E-state index is 5.03. The number of ether oxygens (including phenoxy) is 1. The Morgan fingerprint density at radius 2 is 2.00 bits per heavy atom. The molecule has 0 saturated heterocycles. The van der Waals surface area contributed by atoms with E-state index in [1.807, 2.05) is 12.1 Å². The SMILES string of the molecule is CCN(Cc1ccccc1)c1cc(NCCOC)ncn1. The Morgan fingerprint density at radius 1 is 1.19 bits per heavy atom. The van der Waals surface area contributed by atoms with Crippen LogP contribution in [0.2, 0.25) is 0 Å². The first-order chi connectivity index (χ1) is 10.3. The van der Waals surface area contributed by atoms with Crippen LogP contribution in [0.5, 0.6) is 0 Å². The molecular weight excluding hydrogens is 264 g/mol. The van der Waals surface area contributed by atoms with E-state index < -0.39 is 0 Å². The Labute approximate surface area is 126 Å². The van der Waals surface area contributed by atoms with Gasteiger partial charge in [-0.25, -0.2) is 9.97 Å². The third kappa shape index (κ3) is 4.72. The fourth-order valence-corrected chi connectivity index (χ4v) is 2.06. The van der Waals surface area contributed by atoms with E-state index in [-0.39, 0.29) is 0 Å². The van der Waals surface area contributed by atoms with E-state index in [1.54, 1.807) is 13.4 Å². The fourth-order valence-electron chi connectivity index (χ4n) is 2.06. The van der Waals surface area contributed by atoms with Crippen molar-refractivity contribution >= 4 is 11.6 Å². The second kappa shape index (κ2) is 8.21. The molecule has 0 fully saturated rings. The van der Waals surface area contributed by atoms with Gasteiger partial charge in [0, 0.05) is 32.8 Å². The monoisotopic (exact) mass is 286 g/mol. The lowest BCUT2D eigenvalue weighted by atomic mass is 10.2. The summed E-state index contributed by atoms with van der Waals surface area (Å²) in [6.45, 7) is 5.25. The molecule has 5 nitrogen and oxygen atoms in total. The summed E-state index contributed by atoms with van der Waals surface area (Å²) < 4.78 is 5.03. The van der Waals surface area contributed by atoms with Crippen molar-refractivity contribution in [3.63, 3.8) is 0 Å². The van der Waals surface area contributed by atoms with Crippen molar-refractivity contribution in [3.8, 4) is 0 Å². The van der Waals surface area contributed by atoms with Crippen molar-refractivity contribution in [3.05, 3.63) is 48.3 Å². The normalized spacial score (nSPS) is 10.4. The van der Waals surface area contributed by atoms with Gasteiger partial charge in [0.1, 0.15) is 18.0 Å². The van der Waals surface area contributed by atoms with E-state index in [4.69, 9.17) is 4.74 Å². The molecule has 0 aliphatic rings. The highest BCUT2D eigenvalue weighted by molar-refractivity contribution is 5.48. The molecule has 0 atom stereocenters. The molecule has 0 bridgehead atoms. The van der Waals surface area contributed by atoms with Crippen LogP contribution in [-0.2, 0) is 11.3 Å². The molecule has 0 amide bonds. The molecule has 0 saturated carbocycles. The Morgan fingerprint density at radius 3 is 2.71 bits per heavy atom. The van der Waals surface area contributed by atoms with Gasteiger partial charge in [0.2, 0.25) is 0 Å². The largest absolute Gasteiger partial charge is 0.383 e. The number of benzene rings is 1. The van der Waals surface area contributed by atoms with E-state index in [9.17, 15) is 0 Å². The topological polar surface area (TPSA) is 50.3 Å². The minimum Gasteiger partial charge on any atom is -0.383 e. The van der Waals surface area contributed by atoms with Crippen LogP contribution >= 0.6 is 0 Å². The number of nitrogens with one attached hydrogen (secondary N) is 1.